The van der Waals surface area contributed by atoms with Crippen molar-refractivity contribution >= 4 is 5.91 Å². The second-order valence-electron chi connectivity index (χ2n) is 5.81. The molecule has 1 saturated carbocycles. The van der Waals surface area contributed by atoms with Crippen molar-refractivity contribution in [2.75, 3.05) is 13.2 Å². The van der Waals surface area contributed by atoms with Crippen LogP contribution in [0.5, 0.6) is 0 Å². The number of ether oxygens (including phenoxy) is 1. The van der Waals surface area contributed by atoms with Crippen LogP contribution in [0.3, 0.4) is 0 Å². The Kier molecular flexibility index (Phi) is 6.21. The minimum absolute atomic E-state index is 0.376. The van der Waals surface area contributed by atoms with E-state index < -0.39 is 0 Å². The molecule has 1 aliphatic carbocycles. The molecule has 2 rings (SSSR count). The topological polar surface area (TPSA) is 64.4 Å². The first-order chi connectivity index (χ1) is 10.2. The fourth-order valence-corrected chi connectivity index (χ4v) is 2.80. The molecule has 116 valence electrons. The van der Waals surface area contributed by atoms with Gasteiger partial charge in [-0.05, 0) is 43.0 Å². The molecule has 0 aliphatic heterocycles. The summed E-state index contributed by atoms with van der Waals surface area (Å²) >= 11 is 0. The van der Waals surface area contributed by atoms with Gasteiger partial charge in [-0.1, -0.05) is 25.3 Å². The Hall–Kier alpha value is -1.39. The Bertz CT molecular complexity index is 468. The van der Waals surface area contributed by atoms with E-state index in [1.807, 2.05) is 19.1 Å². The monoisotopic (exact) mass is 290 g/mol. The summed E-state index contributed by atoms with van der Waals surface area (Å²) in [5.74, 6) is -0.376. The van der Waals surface area contributed by atoms with Crippen LogP contribution in [0.2, 0.25) is 0 Å². The van der Waals surface area contributed by atoms with Gasteiger partial charge in [-0.25, -0.2) is 0 Å². The lowest BCUT2D eigenvalue weighted by Crippen LogP contribution is -2.24. The molecule has 21 heavy (non-hydrogen) atoms. The van der Waals surface area contributed by atoms with Crippen molar-refractivity contribution in [3.63, 3.8) is 0 Å². The fraction of sp³-hybridized carbons (Fsp3) is 0.588. The molecule has 1 aliphatic rings. The van der Waals surface area contributed by atoms with Gasteiger partial charge in [0.05, 0.1) is 12.7 Å². The molecular formula is C17H26N2O2. The minimum Gasteiger partial charge on any atom is -0.377 e. The molecule has 0 aromatic heterocycles. The molecular weight excluding hydrogens is 264 g/mol. The van der Waals surface area contributed by atoms with Crippen molar-refractivity contribution in [2.24, 2.45) is 5.73 Å². The van der Waals surface area contributed by atoms with Gasteiger partial charge in [0.2, 0.25) is 5.91 Å². The van der Waals surface area contributed by atoms with Gasteiger partial charge >= 0.3 is 0 Å². The smallest absolute Gasteiger partial charge is 0.248 e. The van der Waals surface area contributed by atoms with Crippen molar-refractivity contribution in [2.45, 2.75) is 51.7 Å². The molecule has 1 aromatic rings. The van der Waals surface area contributed by atoms with Gasteiger partial charge in [0.25, 0.3) is 0 Å². The summed E-state index contributed by atoms with van der Waals surface area (Å²) in [7, 11) is 0. The first-order valence-corrected chi connectivity index (χ1v) is 7.88. The molecule has 0 heterocycles. The quantitative estimate of drug-likeness (QED) is 0.758. The highest BCUT2D eigenvalue weighted by atomic mass is 16.5. The maximum Gasteiger partial charge on any atom is 0.248 e. The predicted octanol–water partition coefficient (Wildman–Crippen LogP) is 2.53. The van der Waals surface area contributed by atoms with E-state index in [1.165, 1.54) is 37.7 Å². The zero-order valence-corrected chi connectivity index (χ0v) is 12.9. The van der Waals surface area contributed by atoms with Crippen LogP contribution < -0.4 is 11.1 Å². The third kappa shape index (κ3) is 5.14. The Balaban J connectivity index is 1.67. The summed E-state index contributed by atoms with van der Waals surface area (Å²) in [6.45, 7) is 4.41. The number of benzene rings is 1. The molecule has 3 N–H and O–H groups in total. The van der Waals surface area contributed by atoms with Crippen LogP contribution in [0, 0.1) is 6.92 Å². The summed E-state index contributed by atoms with van der Waals surface area (Å²) in [5, 5.41) is 3.39. The van der Waals surface area contributed by atoms with Gasteiger partial charge in [-0.3, -0.25) is 4.79 Å². The highest BCUT2D eigenvalue weighted by Crippen LogP contribution is 2.19. The van der Waals surface area contributed by atoms with E-state index in [2.05, 4.69) is 5.32 Å². The average Bonchev–Trinajstić information content (AvgIpc) is 2.49. The van der Waals surface area contributed by atoms with Crippen molar-refractivity contribution in [1.82, 2.24) is 5.32 Å². The minimum atomic E-state index is -0.376. The number of hydrogen-bond acceptors (Lipinski definition) is 3. The third-order valence-electron chi connectivity index (χ3n) is 4.13. The summed E-state index contributed by atoms with van der Waals surface area (Å²) in [6, 6.07) is 5.59. The number of rotatable bonds is 7. The van der Waals surface area contributed by atoms with Gasteiger partial charge in [-0.15, -0.1) is 0 Å². The summed E-state index contributed by atoms with van der Waals surface area (Å²) in [6.07, 6.45) is 6.88. The summed E-state index contributed by atoms with van der Waals surface area (Å²) in [5.41, 5.74) is 8.12. The molecule has 0 atom stereocenters. The number of carbonyl (C=O) groups excluding carboxylic acids is 1. The molecule has 0 unspecified atom stereocenters. The van der Waals surface area contributed by atoms with Gasteiger partial charge < -0.3 is 15.8 Å². The molecule has 1 aromatic carbocycles. The zero-order chi connectivity index (χ0) is 15.1. The summed E-state index contributed by atoms with van der Waals surface area (Å²) in [4.78, 5) is 11.1. The lowest BCUT2D eigenvalue weighted by Gasteiger charge is -2.22. The molecule has 1 amide bonds. The predicted molar refractivity (Wildman–Crippen MR) is 84.2 cm³/mol. The number of hydrogen-bond donors (Lipinski definition) is 2. The Morgan fingerprint density at radius 3 is 2.76 bits per heavy atom. The van der Waals surface area contributed by atoms with Gasteiger partial charge in [-0.2, -0.15) is 0 Å². The van der Waals surface area contributed by atoms with E-state index in [0.29, 0.717) is 11.7 Å². The fourth-order valence-electron chi connectivity index (χ4n) is 2.80. The Morgan fingerprint density at radius 1 is 1.33 bits per heavy atom. The normalized spacial score (nSPS) is 16.0. The molecule has 0 radical (unpaired) electrons. The zero-order valence-electron chi connectivity index (χ0n) is 12.9. The van der Waals surface area contributed by atoms with E-state index in [4.69, 9.17) is 10.5 Å². The molecule has 0 bridgehead atoms. The lowest BCUT2D eigenvalue weighted by atomic mass is 9.98. The molecule has 0 spiro atoms. The average molecular weight is 290 g/mol. The van der Waals surface area contributed by atoms with Crippen LogP contribution in [0.15, 0.2) is 18.2 Å². The molecule has 4 heteroatoms. The van der Waals surface area contributed by atoms with Crippen molar-refractivity contribution in [3.05, 3.63) is 34.9 Å². The van der Waals surface area contributed by atoms with Crippen LogP contribution in [0.25, 0.3) is 0 Å². The molecule has 1 fully saturated rings. The van der Waals surface area contributed by atoms with E-state index in [1.54, 1.807) is 6.07 Å². The van der Waals surface area contributed by atoms with E-state index in [-0.39, 0.29) is 5.91 Å². The first kappa shape index (κ1) is 16.0. The third-order valence-corrected chi connectivity index (χ3v) is 4.13. The maximum atomic E-state index is 11.1. The number of carbonyl (C=O) groups is 1. The van der Waals surface area contributed by atoms with Crippen LogP contribution >= 0.6 is 0 Å². The molecule has 4 nitrogen and oxygen atoms in total. The number of nitrogens with one attached hydrogen (secondary N) is 1. The Labute approximate surface area is 127 Å². The van der Waals surface area contributed by atoms with Gasteiger partial charge in [0, 0.05) is 18.7 Å². The lowest BCUT2D eigenvalue weighted by molar-refractivity contribution is 0.0302. The van der Waals surface area contributed by atoms with Gasteiger partial charge in [0.1, 0.15) is 0 Å². The number of aryl methyl sites for hydroxylation is 1. The van der Waals surface area contributed by atoms with Crippen LogP contribution in [-0.2, 0) is 11.3 Å². The summed E-state index contributed by atoms with van der Waals surface area (Å²) < 4.78 is 5.88. The Morgan fingerprint density at radius 2 is 2.10 bits per heavy atom. The van der Waals surface area contributed by atoms with E-state index in [9.17, 15) is 4.79 Å². The SMILES string of the molecule is Cc1cc(C(N)=O)ccc1CNCCOC1CCCCC1. The first-order valence-electron chi connectivity index (χ1n) is 7.88. The van der Waals surface area contributed by atoms with Crippen LogP contribution in [0.1, 0.15) is 53.6 Å². The number of primary amides is 1. The van der Waals surface area contributed by atoms with Crippen LogP contribution in [0.4, 0.5) is 0 Å². The van der Waals surface area contributed by atoms with Gasteiger partial charge in [0.15, 0.2) is 0 Å². The second-order valence-corrected chi connectivity index (χ2v) is 5.81. The maximum absolute atomic E-state index is 11.1. The van der Waals surface area contributed by atoms with Crippen molar-refractivity contribution < 1.29 is 9.53 Å². The largest absolute Gasteiger partial charge is 0.377 e. The van der Waals surface area contributed by atoms with E-state index >= 15 is 0 Å². The number of amides is 1. The van der Waals surface area contributed by atoms with Crippen LogP contribution in [-0.4, -0.2) is 25.2 Å². The van der Waals surface area contributed by atoms with E-state index in [0.717, 1.165) is 25.3 Å². The highest BCUT2D eigenvalue weighted by Gasteiger charge is 2.12. The van der Waals surface area contributed by atoms with Crippen molar-refractivity contribution in [3.8, 4) is 0 Å². The number of nitrogens with two attached hydrogens (primary N) is 1. The highest BCUT2D eigenvalue weighted by molar-refractivity contribution is 5.93. The van der Waals surface area contributed by atoms with Crippen molar-refractivity contribution in [1.29, 1.82) is 0 Å². The standard InChI is InChI=1S/C17H26N2O2/c1-13-11-14(17(18)20)7-8-15(13)12-19-9-10-21-16-5-3-2-4-6-16/h7-8,11,16,19H,2-6,9-10,12H2,1H3,(H2,18,20). The molecule has 0 saturated heterocycles. The second kappa shape index (κ2) is 8.15.